The molecule has 0 N–H and O–H groups in total. The molecule has 0 aliphatic carbocycles. The van der Waals surface area contributed by atoms with Crippen molar-refractivity contribution in [3.63, 3.8) is 0 Å². The highest BCUT2D eigenvalue weighted by Gasteiger charge is 2.34. The normalized spacial score (nSPS) is 14.5. The van der Waals surface area contributed by atoms with Gasteiger partial charge in [0.1, 0.15) is 0 Å². The van der Waals surface area contributed by atoms with Crippen molar-refractivity contribution in [2.24, 2.45) is 7.05 Å². The maximum absolute atomic E-state index is 13.4. The summed E-state index contributed by atoms with van der Waals surface area (Å²) in [5, 5.41) is 12.9. The summed E-state index contributed by atoms with van der Waals surface area (Å²) in [4.78, 5) is 0.334. The second-order valence-corrected chi connectivity index (χ2v) is 9.94. The molecule has 0 atom stereocenters. The van der Waals surface area contributed by atoms with Gasteiger partial charge < -0.3 is 4.42 Å². The summed E-state index contributed by atoms with van der Waals surface area (Å²) in [6, 6.07) is 14.9. The Morgan fingerprint density at radius 3 is 2.50 bits per heavy atom. The third kappa shape index (κ3) is 3.43. The smallest absolute Gasteiger partial charge is 0.268 e. The van der Waals surface area contributed by atoms with Gasteiger partial charge in [-0.3, -0.25) is 4.68 Å². The molecule has 1 aliphatic rings. The van der Waals surface area contributed by atoms with Crippen molar-refractivity contribution in [3.05, 3.63) is 70.9 Å². The van der Waals surface area contributed by atoms with E-state index in [1.54, 1.807) is 10.7 Å². The van der Waals surface area contributed by atoms with Gasteiger partial charge in [0.05, 0.1) is 4.90 Å². The van der Waals surface area contributed by atoms with Crippen LogP contribution in [0.15, 0.2) is 57.8 Å². The summed E-state index contributed by atoms with van der Waals surface area (Å²) in [7, 11) is -1.80. The third-order valence-electron chi connectivity index (χ3n) is 5.80. The first-order valence-corrected chi connectivity index (χ1v) is 11.8. The quantitative estimate of drug-likeness (QED) is 0.473. The highest BCUT2D eigenvalue weighted by atomic mass is 32.2. The SMILES string of the molecule is Cc1ccc(S(=O)(=O)N2CCc3c(c(-c4nnc(-c5ccccc5)o4)nn3C)C2)c(C)c1. The van der Waals surface area contributed by atoms with Crippen molar-refractivity contribution in [3.8, 4) is 23.0 Å². The Bertz CT molecular complexity index is 1410. The fraction of sp³-hybridized carbons (Fsp3) is 0.261. The van der Waals surface area contributed by atoms with E-state index in [0.717, 1.165) is 27.9 Å². The fourth-order valence-corrected chi connectivity index (χ4v) is 5.80. The Labute approximate surface area is 186 Å². The molecular weight excluding hydrogens is 426 g/mol. The fourth-order valence-electron chi connectivity index (χ4n) is 4.19. The van der Waals surface area contributed by atoms with E-state index in [1.807, 2.05) is 63.4 Å². The number of aromatic nitrogens is 4. The Balaban J connectivity index is 1.51. The minimum Gasteiger partial charge on any atom is -0.415 e. The van der Waals surface area contributed by atoms with Crippen LogP contribution < -0.4 is 0 Å². The van der Waals surface area contributed by atoms with Crippen LogP contribution >= 0.6 is 0 Å². The lowest BCUT2D eigenvalue weighted by Crippen LogP contribution is -2.36. The third-order valence-corrected chi connectivity index (χ3v) is 7.81. The molecule has 2 aromatic heterocycles. The average Bonchev–Trinajstić information content (AvgIpc) is 3.39. The molecule has 0 amide bonds. The van der Waals surface area contributed by atoms with Gasteiger partial charge in [0.25, 0.3) is 5.89 Å². The van der Waals surface area contributed by atoms with Gasteiger partial charge in [-0.15, -0.1) is 10.2 Å². The van der Waals surface area contributed by atoms with E-state index in [2.05, 4.69) is 15.3 Å². The molecule has 0 bridgehead atoms. The molecule has 4 aromatic rings. The maximum Gasteiger partial charge on any atom is 0.268 e. The lowest BCUT2D eigenvalue weighted by Gasteiger charge is -2.27. The molecule has 8 nitrogen and oxygen atoms in total. The van der Waals surface area contributed by atoms with Gasteiger partial charge in [0, 0.05) is 43.4 Å². The zero-order valence-electron chi connectivity index (χ0n) is 18.1. The molecular formula is C23H23N5O3S. The second kappa shape index (κ2) is 7.68. The largest absolute Gasteiger partial charge is 0.415 e. The second-order valence-electron chi connectivity index (χ2n) is 8.03. The van der Waals surface area contributed by atoms with E-state index in [9.17, 15) is 8.42 Å². The molecule has 0 saturated heterocycles. The summed E-state index contributed by atoms with van der Waals surface area (Å²) in [6.45, 7) is 4.37. The van der Waals surface area contributed by atoms with Crippen LogP contribution in [0.5, 0.6) is 0 Å². The first kappa shape index (κ1) is 20.6. The van der Waals surface area contributed by atoms with Gasteiger partial charge in [0.15, 0.2) is 5.69 Å². The molecule has 0 unspecified atom stereocenters. The minimum atomic E-state index is -3.65. The highest BCUT2D eigenvalue weighted by molar-refractivity contribution is 7.89. The van der Waals surface area contributed by atoms with Crippen molar-refractivity contribution >= 4 is 10.0 Å². The average molecular weight is 450 g/mol. The Morgan fingerprint density at radius 2 is 1.75 bits per heavy atom. The van der Waals surface area contributed by atoms with Crippen LogP contribution in [0.3, 0.4) is 0 Å². The van der Waals surface area contributed by atoms with Gasteiger partial charge in [-0.25, -0.2) is 8.42 Å². The Hall–Kier alpha value is -3.30. The lowest BCUT2D eigenvalue weighted by atomic mass is 10.1. The predicted octanol–water partition coefficient (Wildman–Crippen LogP) is 3.50. The number of fused-ring (bicyclic) bond motifs is 1. The van der Waals surface area contributed by atoms with Gasteiger partial charge in [-0.1, -0.05) is 35.9 Å². The van der Waals surface area contributed by atoms with E-state index in [0.29, 0.717) is 29.4 Å². The van der Waals surface area contributed by atoms with Crippen LogP contribution in [0, 0.1) is 13.8 Å². The number of nitrogens with zero attached hydrogens (tertiary/aromatic N) is 5. The summed E-state index contributed by atoms with van der Waals surface area (Å²) >= 11 is 0. The molecule has 0 spiro atoms. The number of rotatable bonds is 4. The van der Waals surface area contributed by atoms with E-state index < -0.39 is 10.0 Å². The Morgan fingerprint density at radius 1 is 1.00 bits per heavy atom. The van der Waals surface area contributed by atoms with Crippen LogP contribution in [0.1, 0.15) is 22.4 Å². The molecule has 2 aromatic carbocycles. The molecule has 5 rings (SSSR count). The summed E-state index contributed by atoms with van der Waals surface area (Å²) in [5.74, 6) is 0.682. The molecule has 9 heteroatoms. The predicted molar refractivity (Wildman–Crippen MR) is 119 cm³/mol. The summed E-state index contributed by atoms with van der Waals surface area (Å²) in [5.41, 5.74) is 4.89. The molecule has 1 aliphatic heterocycles. The van der Waals surface area contributed by atoms with Gasteiger partial charge in [0.2, 0.25) is 15.9 Å². The van der Waals surface area contributed by atoms with E-state index in [4.69, 9.17) is 4.42 Å². The van der Waals surface area contributed by atoms with Crippen molar-refractivity contribution < 1.29 is 12.8 Å². The van der Waals surface area contributed by atoms with Crippen molar-refractivity contribution in [2.75, 3.05) is 6.54 Å². The topological polar surface area (TPSA) is 94.1 Å². The van der Waals surface area contributed by atoms with E-state index in [-0.39, 0.29) is 12.4 Å². The zero-order chi connectivity index (χ0) is 22.5. The standard InChI is InChI=1S/C23H23N5O3S/c1-15-9-10-20(16(2)13-15)32(29,30)28-12-11-19-18(14-28)21(26-27(19)3)23-25-24-22(31-23)17-7-5-4-6-8-17/h4-10,13H,11-12,14H2,1-3H3. The first-order chi connectivity index (χ1) is 15.3. The van der Waals surface area contributed by atoms with Crippen LogP contribution in [-0.2, 0) is 30.0 Å². The summed E-state index contributed by atoms with van der Waals surface area (Å²) < 4.78 is 36.0. The maximum atomic E-state index is 13.4. The number of hydrogen-bond donors (Lipinski definition) is 0. The number of benzene rings is 2. The van der Waals surface area contributed by atoms with Crippen molar-refractivity contribution in [2.45, 2.75) is 31.7 Å². The van der Waals surface area contributed by atoms with Crippen molar-refractivity contribution in [1.29, 1.82) is 0 Å². The number of sulfonamides is 1. The number of hydrogen-bond acceptors (Lipinski definition) is 6. The molecule has 3 heterocycles. The van der Waals surface area contributed by atoms with E-state index in [1.165, 1.54) is 4.31 Å². The van der Waals surface area contributed by atoms with Crippen LogP contribution in [-0.4, -0.2) is 39.2 Å². The van der Waals surface area contributed by atoms with Crippen molar-refractivity contribution in [1.82, 2.24) is 24.3 Å². The molecule has 0 fully saturated rings. The van der Waals surface area contributed by atoms with Gasteiger partial charge in [-0.2, -0.15) is 9.40 Å². The number of aryl methyl sites for hydroxylation is 3. The lowest BCUT2D eigenvalue weighted by molar-refractivity contribution is 0.385. The minimum absolute atomic E-state index is 0.206. The highest BCUT2D eigenvalue weighted by Crippen LogP contribution is 2.33. The van der Waals surface area contributed by atoms with Gasteiger partial charge >= 0.3 is 0 Å². The molecule has 0 radical (unpaired) electrons. The Kier molecular flexibility index (Phi) is 4.94. The van der Waals surface area contributed by atoms with Crippen LogP contribution in [0.25, 0.3) is 23.0 Å². The first-order valence-electron chi connectivity index (χ1n) is 10.4. The monoisotopic (exact) mass is 449 g/mol. The zero-order valence-corrected chi connectivity index (χ0v) is 18.9. The molecule has 0 saturated carbocycles. The molecule has 164 valence electrons. The van der Waals surface area contributed by atoms with Crippen LogP contribution in [0.2, 0.25) is 0 Å². The van der Waals surface area contributed by atoms with Crippen LogP contribution in [0.4, 0.5) is 0 Å². The molecule has 32 heavy (non-hydrogen) atoms. The summed E-state index contributed by atoms with van der Waals surface area (Å²) in [6.07, 6.45) is 0.558. The van der Waals surface area contributed by atoms with E-state index >= 15 is 0 Å². The van der Waals surface area contributed by atoms with Gasteiger partial charge in [-0.05, 0) is 37.6 Å².